The van der Waals surface area contributed by atoms with Gasteiger partial charge in [-0.25, -0.2) is 17.7 Å². The first-order valence-corrected chi connectivity index (χ1v) is 7.49. The van der Waals surface area contributed by atoms with E-state index in [-0.39, 0.29) is 11.7 Å². The number of nitrogens with zero attached hydrogens (tertiary/aromatic N) is 3. The van der Waals surface area contributed by atoms with Crippen molar-refractivity contribution in [3.05, 3.63) is 24.0 Å². The van der Waals surface area contributed by atoms with Crippen molar-refractivity contribution in [1.82, 2.24) is 19.5 Å². The lowest BCUT2D eigenvalue weighted by Gasteiger charge is -2.37. The van der Waals surface area contributed by atoms with Crippen molar-refractivity contribution in [3.8, 4) is 0 Å². The Kier molecular flexibility index (Phi) is 2.60. The summed E-state index contributed by atoms with van der Waals surface area (Å²) in [5, 5.41) is 8.08. The molecule has 1 saturated heterocycles. The fourth-order valence-corrected chi connectivity index (χ4v) is 3.39. The van der Waals surface area contributed by atoms with Gasteiger partial charge in [0.2, 0.25) is 10.0 Å². The molecule has 1 fully saturated rings. The summed E-state index contributed by atoms with van der Waals surface area (Å²) in [6.07, 6.45) is 1.70. The molecule has 0 spiro atoms. The lowest BCUT2D eigenvalue weighted by Crippen LogP contribution is -2.49. The minimum absolute atomic E-state index is 0.158. The van der Waals surface area contributed by atoms with Gasteiger partial charge in [0.25, 0.3) is 0 Å². The molecule has 0 unspecified atom stereocenters. The molecule has 0 atom stereocenters. The van der Waals surface area contributed by atoms with Gasteiger partial charge in [0.15, 0.2) is 5.65 Å². The summed E-state index contributed by atoms with van der Waals surface area (Å²) in [7, 11) is -3.06. The van der Waals surface area contributed by atoms with Crippen LogP contribution in [0, 0.1) is 0 Å². The van der Waals surface area contributed by atoms with E-state index in [9.17, 15) is 8.42 Å². The number of hydrogen-bond donors (Lipinski definition) is 1. The van der Waals surface area contributed by atoms with Crippen LogP contribution in [0.3, 0.4) is 0 Å². The van der Waals surface area contributed by atoms with Crippen molar-refractivity contribution in [2.24, 2.45) is 0 Å². The third-order valence-electron chi connectivity index (χ3n) is 3.37. The first-order valence-electron chi connectivity index (χ1n) is 5.88. The first kappa shape index (κ1) is 11.6. The molecule has 2 aromatic rings. The van der Waals surface area contributed by atoms with Crippen LogP contribution in [0.5, 0.6) is 0 Å². The lowest BCUT2D eigenvalue weighted by molar-refractivity contribution is 0.261. The molecule has 0 aliphatic carbocycles. The van der Waals surface area contributed by atoms with Crippen molar-refractivity contribution in [2.75, 3.05) is 18.8 Å². The highest BCUT2D eigenvalue weighted by Crippen LogP contribution is 2.31. The van der Waals surface area contributed by atoms with E-state index in [0.29, 0.717) is 18.7 Å². The Morgan fingerprint density at radius 3 is 3.00 bits per heavy atom. The van der Waals surface area contributed by atoms with Gasteiger partial charge in [0.1, 0.15) is 0 Å². The van der Waals surface area contributed by atoms with Crippen LogP contribution in [0.25, 0.3) is 11.0 Å². The van der Waals surface area contributed by atoms with Crippen molar-refractivity contribution in [3.63, 3.8) is 0 Å². The zero-order chi connectivity index (χ0) is 12.8. The zero-order valence-corrected chi connectivity index (χ0v) is 10.8. The molecule has 0 aromatic carbocycles. The molecule has 0 amide bonds. The summed E-state index contributed by atoms with van der Waals surface area (Å²) in [5.41, 5.74) is 1.67. The zero-order valence-electron chi connectivity index (χ0n) is 10.00. The summed E-state index contributed by atoms with van der Waals surface area (Å²) in [5.74, 6) is 0.353. The Bertz CT molecular complexity index is 673. The molecular formula is C11H14N4O2S. The molecule has 0 bridgehead atoms. The molecule has 2 aromatic heterocycles. The number of rotatable bonds is 3. The fraction of sp³-hybridized carbons (Fsp3) is 0.455. The Balaban J connectivity index is 1.83. The number of hydrogen-bond acceptors (Lipinski definition) is 4. The van der Waals surface area contributed by atoms with Crippen LogP contribution in [-0.2, 0) is 10.0 Å². The van der Waals surface area contributed by atoms with Crippen LogP contribution in [0.2, 0.25) is 0 Å². The highest BCUT2D eigenvalue weighted by Gasteiger charge is 2.37. The van der Waals surface area contributed by atoms with E-state index in [1.165, 1.54) is 4.31 Å². The van der Waals surface area contributed by atoms with Crippen molar-refractivity contribution >= 4 is 21.1 Å². The van der Waals surface area contributed by atoms with Gasteiger partial charge in [-0.3, -0.25) is 5.10 Å². The largest absolute Gasteiger partial charge is 0.279 e. The van der Waals surface area contributed by atoms with Crippen molar-refractivity contribution < 1.29 is 8.42 Å². The summed E-state index contributed by atoms with van der Waals surface area (Å²) in [4.78, 5) is 4.15. The topological polar surface area (TPSA) is 79.0 Å². The maximum absolute atomic E-state index is 11.6. The second kappa shape index (κ2) is 4.03. The highest BCUT2D eigenvalue weighted by atomic mass is 32.2. The monoisotopic (exact) mass is 266 g/mol. The summed E-state index contributed by atoms with van der Waals surface area (Å²) < 4.78 is 24.8. The van der Waals surface area contributed by atoms with Crippen LogP contribution in [0.1, 0.15) is 18.5 Å². The molecule has 1 aliphatic rings. The number of nitrogens with one attached hydrogen (secondary N) is 1. The van der Waals surface area contributed by atoms with E-state index < -0.39 is 10.0 Å². The maximum atomic E-state index is 11.6. The normalized spacial score (nSPS) is 18.1. The predicted molar refractivity (Wildman–Crippen MR) is 67.7 cm³/mol. The Morgan fingerprint density at radius 1 is 1.50 bits per heavy atom. The number of aromatic amines is 1. The van der Waals surface area contributed by atoms with E-state index in [4.69, 9.17) is 0 Å². The summed E-state index contributed by atoms with van der Waals surface area (Å²) in [6.45, 7) is 2.73. The van der Waals surface area contributed by atoms with Gasteiger partial charge >= 0.3 is 0 Å². The van der Waals surface area contributed by atoms with E-state index in [2.05, 4.69) is 15.2 Å². The van der Waals surface area contributed by atoms with Gasteiger partial charge in [0.05, 0.1) is 11.4 Å². The second-order valence-electron chi connectivity index (χ2n) is 4.43. The van der Waals surface area contributed by atoms with Crippen LogP contribution in [0.4, 0.5) is 0 Å². The van der Waals surface area contributed by atoms with E-state index >= 15 is 0 Å². The molecule has 6 nitrogen and oxygen atoms in total. The third-order valence-corrected chi connectivity index (χ3v) is 5.19. The van der Waals surface area contributed by atoms with Crippen LogP contribution in [-0.4, -0.2) is 46.7 Å². The number of sulfonamides is 1. The van der Waals surface area contributed by atoms with Crippen molar-refractivity contribution in [1.29, 1.82) is 0 Å². The maximum Gasteiger partial charge on any atom is 0.213 e. The number of pyridine rings is 1. The average molecular weight is 266 g/mol. The third kappa shape index (κ3) is 1.70. The quantitative estimate of drug-likeness (QED) is 0.887. The van der Waals surface area contributed by atoms with Crippen molar-refractivity contribution in [2.45, 2.75) is 12.8 Å². The molecular weight excluding hydrogens is 252 g/mol. The smallest absolute Gasteiger partial charge is 0.213 e. The van der Waals surface area contributed by atoms with Crippen LogP contribution < -0.4 is 0 Å². The molecule has 0 saturated carbocycles. The molecule has 18 heavy (non-hydrogen) atoms. The van der Waals surface area contributed by atoms with Crippen LogP contribution >= 0.6 is 0 Å². The van der Waals surface area contributed by atoms with Gasteiger partial charge < -0.3 is 0 Å². The molecule has 96 valence electrons. The SMILES string of the molecule is CCS(=O)(=O)N1CC(c2[nH]nc3ncccc23)C1. The molecule has 1 N–H and O–H groups in total. The Hall–Kier alpha value is -1.47. The number of aromatic nitrogens is 3. The second-order valence-corrected chi connectivity index (χ2v) is 6.68. The fourth-order valence-electron chi connectivity index (χ4n) is 2.21. The van der Waals surface area contributed by atoms with E-state index in [1.807, 2.05) is 12.1 Å². The number of H-pyrrole nitrogens is 1. The Morgan fingerprint density at radius 2 is 2.28 bits per heavy atom. The standard InChI is InChI=1S/C11H14N4O2S/c1-2-18(16,17)15-6-8(7-15)10-9-4-3-5-12-11(9)14-13-10/h3-5,8H,2,6-7H2,1H3,(H,12,13,14). The van der Waals surface area contributed by atoms with Gasteiger partial charge in [-0.2, -0.15) is 5.10 Å². The van der Waals surface area contributed by atoms with Gasteiger partial charge in [-0.1, -0.05) is 0 Å². The molecule has 1 aliphatic heterocycles. The molecule has 0 radical (unpaired) electrons. The van der Waals surface area contributed by atoms with Gasteiger partial charge in [-0.15, -0.1) is 0 Å². The minimum atomic E-state index is -3.06. The minimum Gasteiger partial charge on any atom is -0.279 e. The molecule has 3 rings (SSSR count). The van der Waals surface area contributed by atoms with Gasteiger partial charge in [0, 0.05) is 30.6 Å². The first-order chi connectivity index (χ1) is 8.62. The lowest BCUT2D eigenvalue weighted by atomic mass is 9.97. The van der Waals surface area contributed by atoms with Crippen LogP contribution in [0.15, 0.2) is 18.3 Å². The Labute approximate surface area is 105 Å². The summed E-state index contributed by atoms with van der Waals surface area (Å²) >= 11 is 0. The predicted octanol–water partition coefficient (Wildman–Crippen LogP) is 0.707. The average Bonchev–Trinajstić information content (AvgIpc) is 2.71. The van der Waals surface area contributed by atoms with E-state index in [0.717, 1.165) is 11.1 Å². The van der Waals surface area contributed by atoms with E-state index in [1.54, 1.807) is 13.1 Å². The summed E-state index contributed by atoms with van der Waals surface area (Å²) in [6, 6.07) is 3.82. The highest BCUT2D eigenvalue weighted by molar-refractivity contribution is 7.89. The molecule has 7 heteroatoms. The number of fused-ring (bicyclic) bond motifs is 1. The molecule has 3 heterocycles. The van der Waals surface area contributed by atoms with Gasteiger partial charge in [-0.05, 0) is 19.1 Å².